The number of nitrogens with zero attached hydrogens (tertiary/aromatic N) is 5. The molecule has 0 saturated carbocycles. The van der Waals surface area contributed by atoms with Crippen molar-refractivity contribution < 1.29 is 8.78 Å². The Kier molecular flexibility index (Phi) is 3.01. The molecule has 1 aromatic carbocycles. The molecule has 1 aromatic heterocycles. The first-order chi connectivity index (χ1) is 8.11. The Balaban J connectivity index is 2.41. The van der Waals surface area contributed by atoms with Crippen LogP contribution in [0.4, 0.5) is 8.78 Å². The number of aryl methyl sites for hydroxylation is 1. The molecule has 0 aliphatic rings. The van der Waals surface area contributed by atoms with Crippen molar-refractivity contribution in [3.05, 3.63) is 29.3 Å². The number of hydrogen-bond donors (Lipinski definition) is 0. The fraction of sp³-hybridized carbons (Fsp3) is 0.111. The van der Waals surface area contributed by atoms with Gasteiger partial charge >= 0.3 is 0 Å². The third-order valence-electron chi connectivity index (χ3n) is 1.90. The van der Waals surface area contributed by atoms with Crippen LogP contribution in [0.2, 0.25) is 0 Å². The van der Waals surface area contributed by atoms with Gasteiger partial charge in [-0.2, -0.15) is 5.26 Å². The molecule has 86 valence electrons. The number of aromatic nitrogens is 4. The van der Waals surface area contributed by atoms with E-state index in [9.17, 15) is 8.78 Å². The van der Waals surface area contributed by atoms with E-state index in [4.69, 9.17) is 5.26 Å². The van der Waals surface area contributed by atoms with Gasteiger partial charge in [-0.3, -0.25) is 0 Å². The summed E-state index contributed by atoms with van der Waals surface area (Å²) in [4.78, 5) is -0.234. The topological polar surface area (TPSA) is 67.4 Å². The van der Waals surface area contributed by atoms with Gasteiger partial charge in [0.25, 0.3) is 0 Å². The van der Waals surface area contributed by atoms with Gasteiger partial charge < -0.3 is 0 Å². The minimum absolute atomic E-state index is 0.0690. The van der Waals surface area contributed by atoms with Gasteiger partial charge in [0, 0.05) is 7.05 Å². The minimum atomic E-state index is -0.811. The molecule has 0 unspecified atom stereocenters. The first-order valence-corrected chi connectivity index (χ1v) is 5.23. The van der Waals surface area contributed by atoms with E-state index >= 15 is 0 Å². The van der Waals surface area contributed by atoms with Gasteiger partial charge in [-0.25, -0.2) is 13.5 Å². The molecule has 0 radical (unpaired) electrons. The van der Waals surface area contributed by atoms with Crippen molar-refractivity contribution in [3.63, 3.8) is 0 Å². The van der Waals surface area contributed by atoms with Gasteiger partial charge in [0.2, 0.25) is 5.16 Å². The molecular formula is C9H5F2N5S. The summed E-state index contributed by atoms with van der Waals surface area (Å²) in [5.74, 6) is -1.62. The zero-order chi connectivity index (χ0) is 12.4. The van der Waals surface area contributed by atoms with Gasteiger partial charge in [0.1, 0.15) is 11.6 Å². The van der Waals surface area contributed by atoms with Crippen LogP contribution >= 0.6 is 11.8 Å². The molecule has 5 nitrogen and oxygen atoms in total. The van der Waals surface area contributed by atoms with Gasteiger partial charge in [-0.15, -0.1) is 5.10 Å². The van der Waals surface area contributed by atoms with Crippen LogP contribution in [0.15, 0.2) is 22.2 Å². The van der Waals surface area contributed by atoms with Crippen molar-refractivity contribution in [3.8, 4) is 6.07 Å². The first kappa shape index (κ1) is 11.5. The average molecular weight is 253 g/mol. The fourth-order valence-corrected chi connectivity index (χ4v) is 1.86. The number of tetrazole rings is 1. The Bertz CT molecular complexity index is 581. The van der Waals surface area contributed by atoms with Crippen molar-refractivity contribution in [1.82, 2.24) is 20.2 Å². The molecule has 0 aliphatic carbocycles. The van der Waals surface area contributed by atoms with Crippen molar-refractivity contribution in [2.24, 2.45) is 7.05 Å². The Morgan fingerprint density at radius 2 is 2.00 bits per heavy atom. The number of halogens is 2. The van der Waals surface area contributed by atoms with E-state index < -0.39 is 11.6 Å². The average Bonchev–Trinajstić information content (AvgIpc) is 2.69. The zero-order valence-electron chi connectivity index (χ0n) is 8.55. The summed E-state index contributed by atoms with van der Waals surface area (Å²) in [5.41, 5.74) is -0.0690. The highest BCUT2D eigenvalue weighted by Crippen LogP contribution is 2.30. The van der Waals surface area contributed by atoms with Crippen LogP contribution in [-0.4, -0.2) is 20.2 Å². The predicted molar refractivity (Wildman–Crippen MR) is 54.0 cm³/mol. The van der Waals surface area contributed by atoms with Gasteiger partial charge in [0.15, 0.2) is 0 Å². The number of rotatable bonds is 2. The molecule has 0 fully saturated rings. The van der Waals surface area contributed by atoms with E-state index in [2.05, 4.69) is 15.5 Å². The van der Waals surface area contributed by atoms with E-state index in [-0.39, 0.29) is 15.6 Å². The summed E-state index contributed by atoms with van der Waals surface area (Å²) >= 11 is 0.761. The summed E-state index contributed by atoms with van der Waals surface area (Å²) in [6.45, 7) is 0. The Morgan fingerprint density at radius 3 is 2.47 bits per heavy atom. The second-order valence-corrected chi connectivity index (χ2v) is 4.05. The highest BCUT2D eigenvalue weighted by Gasteiger charge is 2.15. The number of hydrogen-bond acceptors (Lipinski definition) is 5. The standard InChI is InChI=1S/C9H5F2N5S/c1-16-9(13-14-15-16)17-8-6(10)2-5(4-12)3-7(8)11/h2-3H,1H3. The molecule has 2 aromatic rings. The normalized spacial score (nSPS) is 10.2. The van der Waals surface area contributed by atoms with Crippen molar-refractivity contribution >= 4 is 11.8 Å². The SMILES string of the molecule is Cn1nnnc1Sc1c(F)cc(C#N)cc1F. The second kappa shape index (κ2) is 4.47. The molecule has 1 heterocycles. The maximum atomic E-state index is 13.5. The van der Waals surface area contributed by atoms with Crippen LogP contribution in [0.25, 0.3) is 0 Å². The molecule has 0 bridgehead atoms. The van der Waals surface area contributed by atoms with Gasteiger partial charge in [-0.05, 0) is 34.3 Å². The molecule has 8 heteroatoms. The Morgan fingerprint density at radius 1 is 1.35 bits per heavy atom. The monoisotopic (exact) mass is 253 g/mol. The quantitative estimate of drug-likeness (QED) is 0.811. The number of benzene rings is 1. The third-order valence-corrected chi connectivity index (χ3v) is 3.02. The summed E-state index contributed by atoms with van der Waals surface area (Å²) in [6, 6.07) is 3.61. The highest BCUT2D eigenvalue weighted by atomic mass is 32.2. The van der Waals surface area contributed by atoms with Crippen LogP contribution in [0, 0.1) is 23.0 Å². The molecule has 17 heavy (non-hydrogen) atoms. The summed E-state index contributed by atoms with van der Waals surface area (Å²) < 4.78 is 28.4. The van der Waals surface area contributed by atoms with E-state index in [0.29, 0.717) is 0 Å². The van der Waals surface area contributed by atoms with Gasteiger partial charge in [-0.1, -0.05) is 0 Å². The summed E-state index contributed by atoms with van der Waals surface area (Å²) in [5, 5.41) is 19.3. The van der Waals surface area contributed by atoms with E-state index in [1.165, 1.54) is 4.68 Å². The lowest BCUT2D eigenvalue weighted by Gasteiger charge is -2.03. The smallest absolute Gasteiger partial charge is 0.214 e. The van der Waals surface area contributed by atoms with Crippen LogP contribution < -0.4 is 0 Å². The largest absolute Gasteiger partial charge is 0.223 e. The highest BCUT2D eigenvalue weighted by molar-refractivity contribution is 7.99. The molecule has 0 aliphatic heterocycles. The third kappa shape index (κ3) is 2.24. The maximum absolute atomic E-state index is 13.5. The molecule has 0 saturated heterocycles. The Labute approximate surface area is 99.0 Å². The van der Waals surface area contributed by atoms with E-state index in [0.717, 1.165) is 23.9 Å². The van der Waals surface area contributed by atoms with Crippen LogP contribution in [-0.2, 0) is 7.05 Å². The van der Waals surface area contributed by atoms with E-state index in [1.54, 1.807) is 13.1 Å². The second-order valence-electron chi connectivity index (χ2n) is 3.07. The van der Waals surface area contributed by atoms with Gasteiger partial charge in [0.05, 0.1) is 16.5 Å². The number of nitriles is 1. The molecule has 0 spiro atoms. The van der Waals surface area contributed by atoms with Crippen molar-refractivity contribution in [2.45, 2.75) is 10.1 Å². The molecule has 0 N–H and O–H groups in total. The molecule has 0 amide bonds. The molecular weight excluding hydrogens is 248 g/mol. The summed E-state index contributed by atoms with van der Waals surface area (Å²) in [7, 11) is 1.56. The van der Waals surface area contributed by atoms with Crippen molar-refractivity contribution in [2.75, 3.05) is 0 Å². The van der Waals surface area contributed by atoms with Crippen LogP contribution in [0.3, 0.4) is 0 Å². The van der Waals surface area contributed by atoms with E-state index in [1.807, 2.05) is 0 Å². The fourth-order valence-electron chi connectivity index (χ4n) is 1.12. The summed E-state index contributed by atoms with van der Waals surface area (Å²) in [6.07, 6.45) is 0. The lowest BCUT2D eigenvalue weighted by Crippen LogP contribution is -1.95. The Hall–Kier alpha value is -2.01. The maximum Gasteiger partial charge on any atom is 0.214 e. The minimum Gasteiger partial charge on any atom is -0.223 e. The lowest BCUT2D eigenvalue weighted by atomic mass is 10.2. The predicted octanol–water partition coefficient (Wildman–Crippen LogP) is 1.51. The first-order valence-electron chi connectivity index (χ1n) is 4.41. The molecule has 2 rings (SSSR count). The zero-order valence-corrected chi connectivity index (χ0v) is 9.37. The molecule has 0 atom stereocenters. The van der Waals surface area contributed by atoms with Crippen LogP contribution in [0.1, 0.15) is 5.56 Å². The lowest BCUT2D eigenvalue weighted by molar-refractivity contribution is 0.538. The van der Waals surface area contributed by atoms with Crippen LogP contribution in [0.5, 0.6) is 0 Å². The van der Waals surface area contributed by atoms with Crippen molar-refractivity contribution in [1.29, 1.82) is 5.26 Å².